The molecule has 2 heterocycles. The Labute approximate surface area is 198 Å². The summed E-state index contributed by atoms with van der Waals surface area (Å²) < 4.78 is 56.1. The fraction of sp³-hybridized carbons (Fsp3) is 0.364. The van der Waals surface area contributed by atoms with E-state index in [0.29, 0.717) is 23.1 Å². The van der Waals surface area contributed by atoms with Crippen molar-refractivity contribution in [1.29, 1.82) is 0 Å². The van der Waals surface area contributed by atoms with Crippen molar-refractivity contribution in [3.8, 4) is 0 Å². The Morgan fingerprint density at radius 1 is 1.09 bits per heavy atom. The molecule has 1 fully saturated rings. The second kappa shape index (κ2) is 9.11. The van der Waals surface area contributed by atoms with Crippen LogP contribution in [-0.4, -0.2) is 44.2 Å². The van der Waals surface area contributed by atoms with Gasteiger partial charge in [0, 0.05) is 43.0 Å². The first kappa shape index (κ1) is 23.8. The Kier molecular flexibility index (Phi) is 6.56. The zero-order valence-electron chi connectivity index (χ0n) is 17.8. The molecule has 0 radical (unpaired) electrons. The number of piperidine rings is 1. The summed E-state index contributed by atoms with van der Waals surface area (Å²) >= 11 is 3.36. The van der Waals surface area contributed by atoms with Gasteiger partial charge in [-0.25, -0.2) is 17.2 Å². The van der Waals surface area contributed by atoms with Crippen molar-refractivity contribution in [3.05, 3.63) is 52.0 Å². The van der Waals surface area contributed by atoms with E-state index >= 15 is 0 Å². The fourth-order valence-corrected chi connectivity index (χ4v) is 6.69. The number of carbonyl (C=O) groups excluding carboxylic acids is 2. The van der Waals surface area contributed by atoms with E-state index < -0.39 is 33.5 Å². The maximum Gasteiger partial charge on any atom is 0.245 e. The van der Waals surface area contributed by atoms with Crippen LogP contribution in [0.1, 0.15) is 25.3 Å². The van der Waals surface area contributed by atoms with Crippen molar-refractivity contribution in [2.24, 2.45) is 5.92 Å². The molecule has 0 bridgehead atoms. The molecule has 7 nitrogen and oxygen atoms in total. The summed E-state index contributed by atoms with van der Waals surface area (Å²) in [5.41, 5.74) is 0.945. The normalized spacial score (nSPS) is 17.2. The highest BCUT2D eigenvalue weighted by Gasteiger charge is 2.37. The van der Waals surface area contributed by atoms with Gasteiger partial charge in [-0.15, -0.1) is 0 Å². The summed E-state index contributed by atoms with van der Waals surface area (Å²) in [6.07, 6.45) is 1.03. The number of nitrogens with one attached hydrogen (secondary N) is 1. The molecule has 176 valence electrons. The third-order valence-electron chi connectivity index (χ3n) is 6.00. The van der Waals surface area contributed by atoms with E-state index in [-0.39, 0.29) is 42.4 Å². The predicted octanol–water partition coefficient (Wildman–Crippen LogP) is 3.68. The molecule has 0 aliphatic carbocycles. The highest BCUT2D eigenvalue weighted by Crippen LogP contribution is 2.39. The van der Waals surface area contributed by atoms with Crippen LogP contribution in [0.15, 0.2) is 39.7 Å². The number of carbonyl (C=O) groups is 2. The number of sulfonamides is 1. The zero-order chi connectivity index (χ0) is 23.9. The summed E-state index contributed by atoms with van der Waals surface area (Å²) in [5.74, 6) is -2.67. The first-order valence-electron chi connectivity index (χ1n) is 10.4. The van der Waals surface area contributed by atoms with Crippen LogP contribution in [0.2, 0.25) is 0 Å². The van der Waals surface area contributed by atoms with Gasteiger partial charge in [0.15, 0.2) is 0 Å². The first-order chi connectivity index (χ1) is 15.6. The Hall–Kier alpha value is -2.37. The minimum absolute atomic E-state index is 0.0595. The summed E-state index contributed by atoms with van der Waals surface area (Å²) in [4.78, 5) is 26.2. The predicted molar refractivity (Wildman–Crippen MR) is 122 cm³/mol. The number of nitrogens with zero attached hydrogens (tertiary/aromatic N) is 2. The lowest BCUT2D eigenvalue weighted by Crippen LogP contribution is -2.42. The van der Waals surface area contributed by atoms with E-state index in [4.69, 9.17) is 0 Å². The topological polar surface area (TPSA) is 86.8 Å². The van der Waals surface area contributed by atoms with Crippen LogP contribution in [-0.2, 0) is 26.0 Å². The number of hydrogen-bond acceptors (Lipinski definition) is 4. The van der Waals surface area contributed by atoms with Crippen molar-refractivity contribution in [1.82, 2.24) is 4.31 Å². The van der Waals surface area contributed by atoms with Gasteiger partial charge in [0.25, 0.3) is 0 Å². The van der Waals surface area contributed by atoms with Crippen molar-refractivity contribution in [2.75, 3.05) is 29.9 Å². The van der Waals surface area contributed by atoms with Gasteiger partial charge in [-0.05, 0) is 49.1 Å². The Bertz CT molecular complexity index is 1230. The average Bonchev–Trinajstić information content (AvgIpc) is 3.19. The van der Waals surface area contributed by atoms with Gasteiger partial charge in [-0.3, -0.25) is 9.59 Å². The second-order valence-corrected chi connectivity index (χ2v) is 10.9. The summed E-state index contributed by atoms with van der Waals surface area (Å²) in [5, 5.41) is 2.39. The lowest BCUT2D eigenvalue weighted by Gasteiger charge is -2.31. The number of rotatable bonds is 4. The number of halogens is 3. The van der Waals surface area contributed by atoms with Gasteiger partial charge in [0.1, 0.15) is 16.5 Å². The minimum Gasteiger partial charge on any atom is -0.323 e. The van der Waals surface area contributed by atoms with Crippen LogP contribution < -0.4 is 10.2 Å². The van der Waals surface area contributed by atoms with E-state index in [1.165, 1.54) is 22.2 Å². The van der Waals surface area contributed by atoms with Gasteiger partial charge < -0.3 is 10.2 Å². The average molecular weight is 542 g/mol. The van der Waals surface area contributed by atoms with Crippen molar-refractivity contribution in [3.63, 3.8) is 0 Å². The molecule has 0 unspecified atom stereocenters. The molecule has 2 aliphatic heterocycles. The van der Waals surface area contributed by atoms with E-state index in [9.17, 15) is 26.8 Å². The van der Waals surface area contributed by atoms with Crippen LogP contribution in [0.3, 0.4) is 0 Å². The standard InChI is InChI=1S/C22H22BrF2N3O4S/c1-13(29)28-9-6-15-10-16(23)11-20(21(15)28)33(31,32)27-7-4-14(5-8-27)22(30)26-19-12-17(24)2-3-18(19)25/h2-3,10-12,14H,4-9H2,1H3,(H,26,30). The molecule has 33 heavy (non-hydrogen) atoms. The molecule has 0 aromatic heterocycles. The quantitative estimate of drug-likeness (QED) is 0.639. The van der Waals surface area contributed by atoms with Gasteiger partial charge in [0.2, 0.25) is 21.8 Å². The van der Waals surface area contributed by atoms with Crippen LogP contribution in [0, 0.1) is 17.6 Å². The molecular formula is C22H22BrF2N3O4S. The third kappa shape index (κ3) is 4.67. The molecule has 1 N–H and O–H groups in total. The minimum atomic E-state index is -3.93. The molecule has 0 saturated carbocycles. The molecular weight excluding hydrogens is 520 g/mol. The van der Waals surface area contributed by atoms with E-state index in [1.807, 2.05) is 6.07 Å². The fourth-order valence-electron chi connectivity index (χ4n) is 4.31. The highest BCUT2D eigenvalue weighted by molar-refractivity contribution is 9.10. The van der Waals surface area contributed by atoms with Crippen molar-refractivity contribution < 1.29 is 26.8 Å². The number of fused-ring (bicyclic) bond motifs is 1. The Morgan fingerprint density at radius 3 is 2.45 bits per heavy atom. The molecule has 2 aromatic rings. The molecule has 0 spiro atoms. The SMILES string of the molecule is CC(=O)N1CCc2cc(Br)cc(S(=O)(=O)N3CCC(C(=O)Nc4cc(F)ccc4F)CC3)c21. The van der Waals surface area contributed by atoms with Gasteiger partial charge >= 0.3 is 0 Å². The summed E-state index contributed by atoms with van der Waals surface area (Å²) in [6, 6.07) is 6.11. The number of amides is 2. The van der Waals surface area contributed by atoms with E-state index in [1.54, 1.807) is 0 Å². The zero-order valence-corrected chi connectivity index (χ0v) is 20.2. The van der Waals surface area contributed by atoms with Gasteiger partial charge in [-0.1, -0.05) is 15.9 Å². The number of hydrogen-bond donors (Lipinski definition) is 1. The number of anilines is 2. The molecule has 1 saturated heterocycles. The summed E-state index contributed by atoms with van der Waals surface area (Å²) in [7, 11) is -3.93. The molecule has 2 amide bonds. The van der Waals surface area contributed by atoms with Gasteiger partial charge in [0.05, 0.1) is 11.4 Å². The Balaban J connectivity index is 1.51. The second-order valence-electron chi connectivity index (χ2n) is 8.12. The van der Waals surface area contributed by atoms with Crippen molar-refractivity contribution in [2.45, 2.75) is 31.1 Å². The van der Waals surface area contributed by atoms with Crippen LogP contribution in [0.25, 0.3) is 0 Å². The van der Waals surface area contributed by atoms with E-state index in [2.05, 4.69) is 21.2 Å². The maximum absolute atomic E-state index is 13.8. The van der Waals surface area contributed by atoms with Gasteiger partial charge in [-0.2, -0.15) is 4.31 Å². The molecule has 11 heteroatoms. The van der Waals surface area contributed by atoms with E-state index in [0.717, 1.165) is 23.8 Å². The third-order valence-corrected chi connectivity index (χ3v) is 8.37. The molecule has 4 rings (SSSR count). The van der Waals surface area contributed by atoms with Crippen LogP contribution in [0.5, 0.6) is 0 Å². The maximum atomic E-state index is 13.8. The molecule has 2 aliphatic rings. The number of benzene rings is 2. The Morgan fingerprint density at radius 2 is 1.79 bits per heavy atom. The van der Waals surface area contributed by atoms with Crippen LogP contribution in [0.4, 0.5) is 20.2 Å². The largest absolute Gasteiger partial charge is 0.323 e. The smallest absolute Gasteiger partial charge is 0.245 e. The first-order valence-corrected chi connectivity index (χ1v) is 12.7. The highest BCUT2D eigenvalue weighted by atomic mass is 79.9. The molecule has 2 aromatic carbocycles. The monoisotopic (exact) mass is 541 g/mol. The lowest BCUT2D eigenvalue weighted by atomic mass is 9.97. The summed E-state index contributed by atoms with van der Waals surface area (Å²) in [6.45, 7) is 2.00. The molecule has 0 atom stereocenters. The van der Waals surface area contributed by atoms with Crippen molar-refractivity contribution >= 4 is 49.1 Å². The van der Waals surface area contributed by atoms with Crippen LogP contribution >= 0.6 is 15.9 Å². The lowest BCUT2D eigenvalue weighted by molar-refractivity contribution is -0.121.